The molecule has 3 nitrogen and oxygen atoms in total. The van der Waals surface area contributed by atoms with Crippen molar-refractivity contribution in [3.63, 3.8) is 0 Å². The largest absolute Gasteiger partial charge is 0.496 e. The predicted octanol–water partition coefficient (Wildman–Crippen LogP) is 5.57. The molecule has 0 aliphatic carbocycles. The van der Waals surface area contributed by atoms with Crippen LogP contribution in [0.5, 0.6) is 5.75 Å². The molecule has 1 N–H and O–H groups in total. The average Bonchev–Trinajstić information content (AvgIpc) is 2.55. The van der Waals surface area contributed by atoms with Gasteiger partial charge < -0.3 is 10.1 Å². The van der Waals surface area contributed by atoms with Crippen LogP contribution >= 0.6 is 58.2 Å². The molecule has 0 aliphatic rings. The van der Waals surface area contributed by atoms with E-state index in [0.717, 1.165) is 4.90 Å². The Labute approximate surface area is 164 Å². The summed E-state index contributed by atoms with van der Waals surface area (Å²) in [5.41, 5.74) is 0.357. The number of hydrogen-bond donors (Lipinski definition) is 1. The lowest BCUT2D eigenvalue weighted by atomic mass is 10.2. The molecule has 0 heterocycles. The minimum Gasteiger partial charge on any atom is -0.496 e. The number of hydrogen-bond acceptors (Lipinski definition) is 3. The van der Waals surface area contributed by atoms with Gasteiger partial charge in [-0.05, 0) is 36.4 Å². The van der Waals surface area contributed by atoms with E-state index < -0.39 is 15.1 Å². The first-order valence-electron chi connectivity index (χ1n) is 6.74. The van der Waals surface area contributed by atoms with Crippen LogP contribution in [0, 0.1) is 0 Å². The van der Waals surface area contributed by atoms with Crippen molar-refractivity contribution >= 4 is 64.1 Å². The standard InChI is InChI=1S/C16H13Cl4NO2S/c1-23-13-5-3-2-4-12(13)14(22)21-15(16(18,19)20)24-11-8-6-10(17)7-9-11/h2-9,15H,1H3,(H,21,22). The highest BCUT2D eigenvalue weighted by molar-refractivity contribution is 8.00. The Morgan fingerprint density at radius 3 is 2.33 bits per heavy atom. The summed E-state index contributed by atoms with van der Waals surface area (Å²) in [4.78, 5) is 13.3. The summed E-state index contributed by atoms with van der Waals surface area (Å²) < 4.78 is 3.48. The molecule has 24 heavy (non-hydrogen) atoms. The molecule has 0 bridgehead atoms. The van der Waals surface area contributed by atoms with Gasteiger partial charge in [0.25, 0.3) is 5.91 Å². The fraction of sp³-hybridized carbons (Fsp3) is 0.188. The first-order valence-corrected chi connectivity index (χ1v) is 9.13. The third kappa shape index (κ3) is 5.36. The van der Waals surface area contributed by atoms with Crippen molar-refractivity contribution in [2.24, 2.45) is 0 Å². The smallest absolute Gasteiger partial charge is 0.256 e. The van der Waals surface area contributed by atoms with Gasteiger partial charge >= 0.3 is 0 Å². The van der Waals surface area contributed by atoms with E-state index in [1.165, 1.54) is 18.9 Å². The van der Waals surface area contributed by atoms with E-state index in [2.05, 4.69) is 5.32 Å². The second-order valence-electron chi connectivity index (χ2n) is 4.67. The van der Waals surface area contributed by atoms with E-state index in [1.54, 1.807) is 48.5 Å². The molecule has 0 radical (unpaired) electrons. The first-order chi connectivity index (χ1) is 11.3. The zero-order chi connectivity index (χ0) is 17.7. The Hall–Kier alpha value is -0.780. The number of para-hydroxylation sites is 1. The number of benzene rings is 2. The van der Waals surface area contributed by atoms with Gasteiger partial charge in [0.15, 0.2) is 0 Å². The van der Waals surface area contributed by atoms with Gasteiger partial charge in [-0.2, -0.15) is 0 Å². The summed E-state index contributed by atoms with van der Waals surface area (Å²) in [6, 6.07) is 13.8. The molecule has 2 aromatic carbocycles. The number of carbonyl (C=O) groups excluding carboxylic acids is 1. The molecule has 0 spiro atoms. The molecule has 0 fully saturated rings. The lowest BCUT2D eigenvalue weighted by molar-refractivity contribution is 0.0947. The summed E-state index contributed by atoms with van der Waals surface area (Å²) >= 11 is 25.1. The minimum absolute atomic E-state index is 0.357. The minimum atomic E-state index is -1.71. The van der Waals surface area contributed by atoms with E-state index in [4.69, 9.17) is 51.1 Å². The molecule has 0 aliphatic heterocycles. The molecule has 1 atom stereocenters. The Morgan fingerprint density at radius 2 is 1.75 bits per heavy atom. The molecule has 1 unspecified atom stereocenters. The van der Waals surface area contributed by atoms with Gasteiger partial charge in [0.2, 0.25) is 3.79 Å². The summed E-state index contributed by atoms with van der Waals surface area (Å²) in [5, 5.41) is 2.52. The maximum absolute atomic E-state index is 12.5. The van der Waals surface area contributed by atoms with Crippen LogP contribution in [0.25, 0.3) is 0 Å². The maximum atomic E-state index is 12.5. The van der Waals surface area contributed by atoms with Gasteiger partial charge in [-0.1, -0.05) is 70.3 Å². The van der Waals surface area contributed by atoms with Crippen molar-refractivity contribution in [1.82, 2.24) is 5.32 Å². The fourth-order valence-corrected chi connectivity index (χ4v) is 3.41. The maximum Gasteiger partial charge on any atom is 0.256 e. The molecular weight excluding hydrogens is 412 g/mol. The number of ether oxygens (including phenoxy) is 1. The highest BCUT2D eigenvalue weighted by Crippen LogP contribution is 2.39. The molecule has 2 aromatic rings. The quantitative estimate of drug-likeness (QED) is 0.387. The number of nitrogens with one attached hydrogen (secondary N) is 1. The molecule has 0 saturated heterocycles. The van der Waals surface area contributed by atoms with Crippen LogP contribution in [0.4, 0.5) is 0 Å². The van der Waals surface area contributed by atoms with E-state index in [0.29, 0.717) is 16.3 Å². The van der Waals surface area contributed by atoms with E-state index in [9.17, 15) is 4.79 Å². The van der Waals surface area contributed by atoms with Crippen LogP contribution in [0.2, 0.25) is 5.02 Å². The van der Waals surface area contributed by atoms with Crippen LogP contribution in [-0.2, 0) is 0 Å². The third-order valence-corrected chi connectivity index (χ3v) is 5.52. The highest BCUT2D eigenvalue weighted by atomic mass is 35.6. The van der Waals surface area contributed by atoms with E-state index in [1.807, 2.05) is 0 Å². The van der Waals surface area contributed by atoms with Gasteiger partial charge in [-0.25, -0.2) is 0 Å². The third-order valence-electron chi connectivity index (χ3n) is 2.98. The Morgan fingerprint density at radius 1 is 1.12 bits per heavy atom. The Kier molecular flexibility index (Phi) is 6.96. The van der Waals surface area contributed by atoms with E-state index >= 15 is 0 Å². The topological polar surface area (TPSA) is 38.3 Å². The SMILES string of the molecule is COc1ccccc1C(=O)NC(Sc1ccc(Cl)cc1)C(Cl)(Cl)Cl. The zero-order valence-electron chi connectivity index (χ0n) is 12.4. The molecular formula is C16H13Cl4NO2S. The van der Waals surface area contributed by atoms with Gasteiger partial charge in [-0.15, -0.1) is 0 Å². The van der Waals surface area contributed by atoms with Crippen molar-refractivity contribution in [3.05, 3.63) is 59.1 Å². The van der Waals surface area contributed by atoms with Gasteiger partial charge in [-0.3, -0.25) is 4.79 Å². The van der Waals surface area contributed by atoms with E-state index in [-0.39, 0.29) is 0 Å². The second-order valence-corrected chi connectivity index (χ2v) is 8.65. The van der Waals surface area contributed by atoms with Crippen molar-refractivity contribution in [2.75, 3.05) is 7.11 Å². The summed E-state index contributed by atoms with van der Waals surface area (Å²) in [6.45, 7) is 0. The van der Waals surface area contributed by atoms with Crippen LogP contribution in [0.15, 0.2) is 53.4 Å². The number of rotatable bonds is 5. The average molecular weight is 425 g/mol. The second kappa shape index (κ2) is 8.54. The Balaban J connectivity index is 2.20. The van der Waals surface area contributed by atoms with Crippen LogP contribution in [0.3, 0.4) is 0 Å². The first kappa shape index (κ1) is 19.5. The van der Waals surface area contributed by atoms with Crippen LogP contribution < -0.4 is 10.1 Å². The van der Waals surface area contributed by atoms with Crippen molar-refractivity contribution in [3.8, 4) is 5.75 Å². The highest BCUT2D eigenvalue weighted by Gasteiger charge is 2.35. The number of alkyl halides is 3. The normalized spacial score (nSPS) is 12.5. The van der Waals surface area contributed by atoms with Crippen molar-refractivity contribution in [2.45, 2.75) is 14.1 Å². The van der Waals surface area contributed by atoms with Gasteiger partial charge in [0.05, 0.1) is 12.7 Å². The predicted molar refractivity (Wildman–Crippen MR) is 102 cm³/mol. The summed E-state index contributed by atoms with van der Waals surface area (Å²) in [6.07, 6.45) is 0. The number of halogens is 4. The van der Waals surface area contributed by atoms with Gasteiger partial charge in [0, 0.05) is 9.92 Å². The zero-order valence-corrected chi connectivity index (χ0v) is 16.3. The molecule has 1 amide bonds. The molecule has 2 rings (SSSR count). The van der Waals surface area contributed by atoms with Crippen molar-refractivity contribution < 1.29 is 9.53 Å². The number of amides is 1. The molecule has 128 valence electrons. The van der Waals surface area contributed by atoms with Crippen molar-refractivity contribution in [1.29, 1.82) is 0 Å². The lowest BCUT2D eigenvalue weighted by Gasteiger charge is -2.25. The van der Waals surface area contributed by atoms with Crippen LogP contribution in [-0.4, -0.2) is 22.2 Å². The molecule has 0 aromatic heterocycles. The number of carbonyl (C=O) groups is 1. The number of methoxy groups -OCH3 is 1. The van der Waals surface area contributed by atoms with Crippen LogP contribution in [0.1, 0.15) is 10.4 Å². The monoisotopic (exact) mass is 423 g/mol. The molecule has 8 heteroatoms. The van der Waals surface area contributed by atoms with Gasteiger partial charge in [0.1, 0.15) is 11.1 Å². The lowest BCUT2D eigenvalue weighted by Crippen LogP contribution is -2.41. The summed E-state index contributed by atoms with van der Waals surface area (Å²) in [5.74, 6) is 0.0415. The fourth-order valence-electron chi connectivity index (χ4n) is 1.86. The number of thioether (sulfide) groups is 1. The Bertz CT molecular complexity index is 704. The summed E-state index contributed by atoms with van der Waals surface area (Å²) in [7, 11) is 1.49. The molecule has 0 saturated carbocycles.